The normalized spacial score (nSPS) is 14.4. The van der Waals surface area contributed by atoms with Gasteiger partial charge in [-0.25, -0.2) is 0 Å². The lowest BCUT2D eigenvalue weighted by Crippen LogP contribution is -2.15. The van der Waals surface area contributed by atoms with Gasteiger partial charge in [-0.1, -0.05) is 268 Å². The molecule has 0 amide bonds. The summed E-state index contributed by atoms with van der Waals surface area (Å²) in [6, 6.07) is 56.4. The zero-order valence-electron chi connectivity index (χ0n) is 53.6. The largest absolute Gasteiger partial charge is 0.358 e. The Morgan fingerprint density at radius 3 is 1.90 bits per heavy atom. The summed E-state index contributed by atoms with van der Waals surface area (Å²) < 4.78 is 2.53. The molecule has 0 radical (unpaired) electrons. The lowest BCUT2D eigenvalue weighted by Gasteiger charge is -2.24. The molecular formula is C84H92N2. The quantitative estimate of drug-likeness (QED) is 0.0754. The molecule has 10 rings (SSSR count). The standard InChI is InChI=1S/C75H70N2.C3H6.2C2H6.C2H4/c1-11-13-17-27-51(5)52(6)39-42-62(50(3)4)54(8)63-36-26-37-64(73(63)76-60-34-25-33-57(45-60)53(7)28-18-14-12-2)58-40-44-72-68(46-58)69-48-59(55-29-19-15-20-30-55)47-67(56-31-21-16-22-32-56)74(69)77(72)61-41-43-66-65-35-23-24-38-70(65)75(9,10)71(66)49-61;1-3-2;3*1-2/h11-44,46-49,51,57,76H,3,6-7,45H2,1-2,4-5,8-10H3;3H,1H2,2H3;2*1-2H3;1-2H2/b13-11-,14-12-,27-17-,28-18-,42-39-,62-54-;;;;. The third kappa shape index (κ3) is 14.6. The highest BCUT2D eigenvalue weighted by Gasteiger charge is 2.36. The van der Waals surface area contributed by atoms with Crippen LogP contribution in [0.3, 0.4) is 0 Å². The number of aromatic nitrogens is 1. The van der Waals surface area contributed by atoms with Crippen molar-refractivity contribution in [3.05, 3.63) is 321 Å². The van der Waals surface area contributed by atoms with Crippen molar-refractivity contribution in [1.82, 2.24) is 4.57 Å². The van der Waals surface area contributed by atoms with E-state index in [1.807, 2.05) is 60.6 Å². The van der Waals surface area contributed by atoms with Gasteiger partial charge in [-0.3, -0.25) is 0 Å². The molecule has 2 aliphatic carbocycles. The second kappa shape index (κ2) is 31.6. The van der Waals surface area contributed by atoms with Crippen molar-refractivity contribution in [2.75, 3.05) is 5.32 Å². The van der Waals surface area contributed by atoms with Gasteiger partial charge in [-0.2, -0.15) is 0 Å². The van der Waals surface area contributed by atoms with Crippen LogP contribution in [0, 0.1) is 11.8 Å². The summed E-state index contributed by atoms with van der Waals surface area (Å²) in [4.78, 5) is 0. The van der Waals surface area contributed by atoms with Crippen molar-refractivity contribution in [3.63, 3.8) is 0 Å². The van der Waals surface area contributed by atoms with Crippen LogP contribution in [0.1, 0.15) is 106 Å². The molecule has 0 saturated carbocycles. The number of allylic oxidation sites excluding steroid dienone is 20. The van der Waals surface area contributed by atoms with Gasteiger partial charge >= 0.3 is 0 Å². The van der Waals surface area contributed by atoms with E-state index in [0.29, 0.717) is 0 Å². The Hall–Kier alpha value is -9.24. The number of hydrogen-bond acceptors (Lipinski definition) is 1. The highest BCUT2D eigenvalue weighted by molar-refractivity contribution is 6.16. The van der Waals surface area contributed by atoms with Gasteiger partial charge in [0.25, 0.3) is 0 Å². The molecule has 7 aromatic carbocycles. The average Bonchev–Trinajstić information content (AvgIpc) is 1.68. The third-order valence-electron chi connectivity index (χ3n) is 15.7. The van der Waals surface area contributed by atoms with Gasteiger partial charge < -0.3 is 9.88 Å². The summed E-state index contributed by atoms with van der Waals surface area (Å²) in [5.74, 6) is 0.329. The first kappa shape index (κ1) is 65.9. The predicted octanol–water partition coefficient (Wildman–Crippen LogP) is 24.9. The molecule has 8 aromatic rings. The lowest BCUT2D eigenvalue weighted by atomic mass is 9.82. The number of rotatable bonds is 16. The monoisotopic (exact) mass is 1130 g/mol. The minimum absolute atomic E-state index is 0.152. The highest BCUT2D eigenvalue weighted by atomic mass is 15.0. The molecule has 0 bridgehead atoms. The first-order valence-electron chi connectivity index (χ1n) is 30.6. The zero-order chi connectivity index (χ0) is 62.5. The molecule has 2 atom stereocenters. The van der Waals surface area contributed by atoms with Gasteiger partial charge in [0.2, 0.25) is 0 Å². The van der Waals surface area contributed by atoms with E-state index in [2.05, 4.69) is 302 Å². The van der Waals surface area contributed by atoms with Crippen LogP contribution in [0.15, 0.2) is 304 Å². The maximum absolute atomic E-state index is 4.53. The van der Waals surface area contributed by atoms with Gasteiger partial charge in [0.1, 0.15) is 0 Å². The molecule has 438 valence electrons. The number of nitrogens with zero attached hydrogens (tertiary/aromatic N) is 1. The maximum Gasteiger partial charge on any atom is 0.0619 e. The summed E-state index contributed by atoms with van der Waals surface area (Å²) in [6.07, 6.45) is 30.2. The molecule has 2 unspecified atom stereocenters. The number of fused-ring (bicyclic) bond motifs is 6. The Bertz CT molecular complexity index is 3940. The van der Waals surface area contributed by atoms with Crippen molar-refractivity contribution in [2.24, 2.45) is 11.8 Å². The first-order chi connectivity index (χ1) is 41.8. The molecule has 0 saturated heterocycles. The van der Waals surface area contributed by atoms with Crippen LogP contribution < -0.4 is 5.32 Å². The molecular weight excluding hydrogens is 1040 g/mol. The van der Waals surface area contributed by atoms with Crippen molar-refractivity contribution >= 4 is 33.1 Å². The minimum Gasteiger partial charge on any atom is -0.358 e. The SMILES string of the molecule is C=C.C=C(C)C(/C=C\C(=C)C(C)/C=C\C=C/C)=C(/C)c1cccc(-c2ccc3c(c2)c2cc(-c4ccccc4)cc(-c4ccccc4)c2n3-c2ccc3c(c2)C(C)(C)c2ccccc2-3)c1NC1=CC=CC(C(=C)/C=C\C=C/C)C1.C=CC.CC.CC. The summed E-state index contributed by atoms with van der Waals surface area (Å²) in [6.45, 7) is 48.1. The summed E-state index contributed by atoms with van der Waals surface area (Å²) in [5.41, 5.74) is 24.2. The maximum atomic E-state index is 4.53. The van der Waals surface area contributed by atoms with Crippen molar-refractivity contribution in [3.8, 4) is 50.2 Å². The van der Waals surface area contributed by atoms with Crippen molar-refractivity contribution < 1.29 is 0 Å². The fraction of sp³-hybridized carbons (Fsp3) is 0.190. The molecule has 2 aliphatic rings. The molecule has 0 fully saturated rings. The Kier molecular flexibility index (Phi) is 24.2. The van der Waals surface area contributed by atoms with E-state index >= 15 is 0 Å². The van der Waals surface area contributed by atoms with Gasteiger partial charge in [-0.05, 0) is 156 Å². The van der Waals surface area contributed by atoms with Crippen LogP contribution in [0.2, 0.25) is 0 Å². The van der Waals surface area contributed by atoms with E-state index in [1.54, 1.807) is 6.08 Å². The van der Waals surface area contributed by atoms with Crippen LogP contribution in [0.5, 0.6) is 0 Å². The van der Waals surface area contributed by atoms with Gasteiger partial charge in [0.05, 0.1) is 16.7 Å². The van der Waals surface area contributed by atoms with E-state index in [9.17, 15) is 0 Å². The minimum atomic E-state index is -0.160. The second-order valence-electron chi connectivity index (χ2n) is 21.7. The van der Waals surface area contributed by atoms with Crippen molar-refractivity contribution in [1.29, 1.82) is 0 Å². The molecule has 1 aromatic heterocycles. The molecule has 2 heteroatoms. The fourth-order valence-corrected chi connectivity index (χ4v) is 11.4. The van der Waals surface area contributed by atoms with Crippen LogP contribution in [-0.4, -0.2) is 4.57 Å². The van der Waals surface area contributed by atoms with Gasteiger partial charge in [0.15, 0.2) is 0 Å². The molecule has 2 nitrogen and oxygen atoms in total. The zero-order valence-corrected chi connectivity index (χ0v) is 53.6. The molecule has 0 spiro atoms. The van der Waals surface area contributed by atoms with E-state index in [-0.39, 0.29) is 17.3 Å². The fourth-order valence-electron chi connectivity index (χ4n) is 11.4. The Morgan fingerprint density at radius 1 is 0.605 bits per heavy atom. The van der Waals surface area contributed by atoms with E-state index in [4.69, 9.17) is 0 Å². The van der Waals surface area contributed by atoms with Crippen molar-refractivity contribution in [2.45, 2.75) is 94.9 Å². The summed E-state index contributed by atoms with van der Waals surface area (Å²) in [7, 11) is 0. The summed E-state index contributed by atoms with van der Waals surface area (Å²) >= 11 is 0. The Labute approximate surface area is 517 Å². The predicted molar refractivity (Wildman–Crippen MR) is 385 cm³/mol. The van der Waals surface area contributed by atoms with Gasteiger partial charge in [-0.15, -0.1) is 19.7 Å². The number of para-hydroxylation sites is 1. The first-order valence-corrected chi connectivity index (χ1v) is 30.6. The van der Waals surface area contributed by atoms with Crippen LogP contribution in [-0.2, 0) is 5.41 Å². The number of benzene rings is 7. The Morgan fingerprint density at radius 2 is 1.22 bits per heavy atom. The van der Waals surface area contributed by atoms with Gasteiger partial charge in [0, 0.05) is 50.2 Å². The van der Waals surface area contributed by atoms with Crippen LogP contribution in [0.4, 0.5) is 5.69 Å². The summed E-state index contributed by atoms with van der Waals surface area (Å²) in [5, 5.41) is 6.46. The third-order valence-corrected chi connectivity index (χ3v) is 15.7. The molecule has 86 heavy (non-hydrogen) atoms. The highest BCUT2D eigenvalue weighted by Crippen LogP contribution is 2.51. The smallest absolute Gasteiger partial charge is 0.0619 e. The number of hydrogen-bond donors (Lipinski definition) is 1. The lowest BCUT2D eigenvalue weighted by molar-refractivity contribution is 0.660. The number of nitrogens with one attached hydrogen (secondary N) is 1. The second-order valence-corrected chi connectivity index (χ2v) is 21.7. The molecule has 1 heterocycles. The average molecular weight is 1130 g/mol. The Balaban J connectivity index is 0.00000125. The molecule has 0 aliphatic heterocycles. The van der Waals surface area contributed by atoms with Crippen LogP contribution >= 0.6 is 0 Å². The van der Waals surface area contributed by atoms with E-state index in [0.717, 1.165) is 73.6 Å². The number of anilines is 1. The van der Waals surface area contributed by atoms with E-state index < -0.39 is 0 Å². The molecule has 1 N–H and O–H groups in total. The topological polar surface area (TPSA) is 17.0 Å². The van der Waals surface area contributed by atoms with E-state index in [1.165, 1.54) is 60.8 Å². The van der Waals surface area contributed by atoms with Crippen LogP contribution in [0.25, 0.3) is 77.6 Å².